The number of amides is 4. The number of ether oxygens (including phenoxy) is 2. The van der Waals surface area contributed by atoms with Crippen molar-refractivity contribution in [2.45, 2.75) is 75.5 Å². The maximum absolute atomic E-state index is 13.6. The minimum Gasteiger partial charge on any atom is -0.456 e. The van der Waals surface area contributed by atoms with E-state index in [-0.39, 0.29) is 35.7 Å². The third-order valence-electron chi connectivity index (χ3n) is 11.8. The molecule has 4 aliphatic rings. The zero-order chi connectivity index (χ0) is 39.2. The van der Waals surface area contributed by atoms with Crippen LogP contribution in [0.5, 0.6) is 0 Å². The van der Waals surface area contributed by atoms with Crippen LogP contribution in [-0.4, -0.2) is 93.1 Å². The minimum atomic E-state index is -0.590. The van der Waals surface area contributed by atoms with Crippen LogP contribution in [0.1, 0.15) is 75.1 Å². The predicted octanol–water partition coefficient (Wildman–Crippen LogP) is 6.48. The zero-order valence-electron chi connectivity index (χ0n) is 32.0. The summed E-state index contributed by atoms with van der Waals surface area (Å²) < 4.78 is 15.9. The minimum absolute atomic E-state index is 0.0850. The van der Waals surface area contributed by atoms with Crippen LogP contribution in [0, 0.1) is 11.8 Å². The average Bonchev–Trinajstić information content (AvgIpc) is 3.82. The van der Waals surface area contributed by atoms with Crippen LogP contribution >= 0.6 is 0 Å². The number of benzene rings is 2. The summed E-state index contributed by atoms with van der Waals surface area (Å²) >= 11 is 0. The number of nitrogens with zero attached hydrogens (tertiary/aromatic N) is 4. The van der Waals surface area contributed by atoms with E-state index in [0.717, 1.165) is 108 Å². The average molecular weight is 775 g/mol. The molecule has 4 amide bonds. The second-order valence-electron chi connectivity index (χ2n) is 15.6. The van der Waals surface area contributed by atoms with Crippen molar-refractivity contribution < 1.29 is 33.1 Å². The van der Waals surface area contributed by atoms with E-state index in [1.165, 1.54) is 14.2 Å². The number of carbonyl (C=O) groups excluding carboxylic acids is 4. The molecule has 15 nitrogen and oxygen atoms in total. The lowest BCUT2D eigenvalue weighted by molar-refractivity contribution is -0.135. The van der Waals surface area contributed by atoms with Gasteiger partial charge in [0, 0.05) is 29.6 Å². The maximum Gasteiger partial charge on any atom is 0.407 e. The molecule has 0 spiro atoms. The number of furan rings is 1. The number of fused-ring (bicyclic) bond motifs is 1. The van der Waals surface area contributed by atoms with Gasteiger partial charge in [0.1, 0.15) is 35.1 Å². The molecule has 4 fully saturated rings. The number of carbonyl (C=O) groups is 4. The van der Waals surface area contributed by atoms with Crippen LogP contribution in [-0.2, 0) is 19.1 Å². The van der Waals surface area contributed by atoms with Crippen LogP contribution in [0.4, 0.5) is 9.59 Å². The van der Waals surface area contributed by atoms with Gasteiger partial charge < -0.3 is 44.3 Å². The number of imidazole rings is 2. The van der Waals surface area contributed by atoms with Crippen molar-refractivity contribution in [2.24, 2.45) is 11.8 Å². The van der Waals surface area contributed by atoms with E-state index in [0.29, 0.717) is 13.1 Å². The third-order valence-corrected chi connectivity index (χ3v) is 11.8. The summed E-state index contributed by atoms with van der Waals surface area (Å²) in [6.45, 7) is 1.23. The Balaban J connectivity index is 0.873. The number of hydrogen-bond acceptors (Lipinski definition) is 9. The van der Waals surface area contributed by atoms with Crippen molar-refractivity contribution in [3.8, 4) is 33.8 Å². The van der Waals surface area contributed by atoms with Crippen molar-refractivity contribution >= 4 is 35.0 Å². The molecule has 57 heavy (non-hydrogen) atoms. The maximum atomic E-state index is 13.6. The van der Waals surface area contributed by atoms with Gasteiger partial charge in [0.25, 0.3) is 0 Å². The summed E-state index contributed by atoms with van der Waals surface area (Å²) in [6, 6.07) is 14.6. The Bertz CT molecular complexity index is 2310. The Morgan fingerprint density at radius 3 is 1.68 bits per heavy atom. The molecule has 4 unspecified atom stereocenters. The Morgan fingerprint density at radius 1 is 0.684 bits per heavy atom. The monoisotopic (exact) mass is 774 g/mol. The van der Waals surface area contributed by atoms with Gasteiger partial charge in [0.05, 0.1) is 50.1 Å². The molecule has 2 aromatic carbocycles. The number of aromatic amines is 2. The Morgan fingerprint density at radius 2 is 1.18 bits per heavy atom. The molecule has 5 heterocycles. The molecule has 0 bridgehead atoms. The standard InChI is InChI=1S/C42H46N8O7/c1-55-41(53)47-35(25-11-12-25)39(51)49-17-3-5-31(49)37-43-21-29(45-37)23-7-9-24(10-8-23)34-20-28-19-27(15-16-33(28)57-34)30-22-44-38(46-30)32-6-4-18-50(32)40(52)36(26-13-14-26)48-42(54)56-2/h7-10,15-16,19-22,25-26,31-32,35-36H,3-6,11-14,17-18H2,1-2H3,(H,43,45)(H,44,46)(H,47,53)(H,48,54). The molecule has 9 rings (SSSR count). The molecule has 2 aliphatic carbocycles. The fourth-order valence-corrected chi connectivity index (χ4v) is 8.45. The molecule has 4 N–H and O–H groups in total. The van der Waals surface area contributed by atoms with Gasteiger partial charge in [0.15, 0.2) is 0 Å². The largest absolute Gasteiger partial charge is 0.456 e. The van der Waals surface area contributed by atoms with E-state index in [2.05, 4.69) is 31.7 Å². The first-order valence-electron chi connectivity index (χ1n) is 19.8. The van der Waals surface area contributed by atoms with E-state index in [9.17, 15) is 19.2 Å². The number of hydrogen-bond donors (Lipinski definition) is 4. The number of rotatable bonds is 11. The number of nitrogens with one attached hydrogen (secondary N) is 4. The number of methoxy groups -OCH3 is 2. The summed E-state index contributed by atoms with van der Waals surface area (Å²) in [5.41, 5.74) is 5.28. The molecule has 2 aliphatic heterocycles. The van der Waals surface area contributed by atoms with Crippen LogP contribution in [0.25, 0.3) is 44.8 Å². The molecule has 15 heteroatoms. The summed E-state index contributed by atoms with van der Waals surface area (Å²) in [5.74, 6) is 2.30. The topological polar surface area (TPSA) is 188 Å². The quantitative estimate of drug-likeness (QED) is 0.117. The molecule has 296 valence electrons. The lowest BCUT2D eigenvalue weighted by Crippen LogP contribution is -2.49. The van der Waals surface area contributed by atoms with Crippen molar-refractivity contribution in [3.05, 3.63) is 72.6 Å². The molecule has 4 atom stereocenters. The highest BCUT2D eigenvalue weighted by molar-refractivity contribution is 5.89. The Labute approximate surface area is 328 Å². The summed E-state index contributed by atoms with van der Waals surface area (Å²) in [6.07, 6.45) is 9.36. The SMILES string of the molecule is COC(=O)NC(C(=O)N1CCCC1c1ncc(-c2ccc(-c3cc4cc(-c5cnc(C6CCCN6C(=O)C(NC(=O)OC)C6CC6)[nH]5)ccc4o3)cc2)[nH]1)C1CC1. The van der Waals surface area contributed by atoms with Gasteiger partial charge in [-0.3, -0.25) is 9.59 Å². The molecule has 3 aromatic heterocycles. The van der Waals surface area contributed by atoms with Gasteiger partial charge in [-0.1, -0.05) is 24.3 Å². The molecular weight excluding hydrogens is 729 g/mol. The second kappa shape index (κ2) is 15.1. The van der Waals surface area contributed by atoms with Crippen molar-refractivity contribution in [1.82, 2.24) is 40.4 Å². The Kier molecular flexibility index (Phi) is 9.66. The van der Waals surface area contributed by atoms with Crippen molar-refractivity contribution in [3.63, 3.8) is 0 Å². The van der Waals surface area contributed by atoms with Crippen LogP contribution in [0.3, 0.4) is 0 Å². The molecule has 2 saturated carbocycles. The van der Waals surface area contributed by atoms with Crippen LogP contribution in [0.15, 0.2) is 65.3 Å². The number of aromatic nitrogens is 4. The highest BCUT2D eigenvalue weighted by Crippen LogP contribution is 2.40. The summed E-state index contributed by atoms with van der Waals surface area (Å²) in [7, 11) is 2.61. The van der Waals surface area contributed by atoms with Gasteiger partial charge in [-0.15, -0.1) is 0 Å². The van der Waals surface area contributed by atoms with Gasteiger partial charge in [-0.2, -0.15) is 0 Å². The lowest BCUT2D eigenvalue weighted by Gasteiger charge is -2.28. The van der Waals surface area contributed by atoms with E-state index in [4.69, 9.17) is 18.9 Å². The lowest BCUT2D eigenvalue weighted by atomic mass is 10.1. The summed E-state index contributed by atoms with van der Waals surface area (Å²) in [4.78, 5) is 71.2. The molecular formula is C42H46N8O7. The van der Waals surface area contributed by atoms with Gasteiger partial charge >= 0.3 is 12.2 Å². The second-order valence-corrected chi connectivity index (χ2v) is 15.6. The van der Waals surface area contributed by atoms with Gasteiger partial charge in [-0.05, 0) is 93.0 Å². The smallest absolute Gasteiger partial charge is 0.407 e. The first-order valence-corrected chi connectivity index (χ1v) is 19.8. The number of H-pyrrole nitrogens is 2. The highest BCUT2D eigenvalue weighted by atomic mass is 16.5. The van der Waals surface area contributed by atoms with E-state index in [1.54, 1.807) is 12.4 Å². The molecule has 0 radical (unpaired) electrons. The van der Waals surface area contributed by atoms with E-state index >= 15 is 0 Å². The van der Waals surface area contributed by atoms with Gasteiger partial charge in [0.2, 0.25) is 11.8 Å². The van der Waals surface area contributed by atoms with Gasteiger partial charge in [-0.25, -0.2) is 19.6 Å². The normalized spacial score (nSPS) is 20.4. The molecule has 5 aromatic rings. The highest BCUT2D eigenvalue weighted by Gasteiger charge is 2.44. The zero-order valence-corrected chi connectivity index (χ0v) is 32.0. The Hall–Kier alpha value is -6.12. The van der Waals surface area contributed by atoms with E-state index < -0.39 is 24.3 Å². The molecule has 2 saturated heterocycles. The van der Waals surface area contributed by atoms with Crippen LogP contribution < -0.4 is 10.6 Å². The first kappa shape index (κ1) is 36.5. The fraction of sp³-hybridized carbons (Fsp3) is 0.429. The third kappa shape index (κ3) is 7.33. The predicted molar refractivity (Wildman–Crippen MR) is 208 cm³/mol. The van der Waals surface area contributed by atoms with Crippen molar-refractivity contribution in [1.29, 1.82) is 0 Å². The van der Waals surface area contributed by atoms with E-state index in [1.807, 2.05) is 52.3 Å². The van der Waals surface area contributed by atoms with Crippen molar-refractivity contribution in [2.75, 3.05) is 27.3 Å². The fourth-order valence-electron chi connectivity index (χ4n) is 8.45. The van der Waals surface area contributed by atoms with Crippen LogP contribution in [0.2, 0.25) is 0 Å². The first-order chi connectivity index (χ1) is 27.8. The summed E-state index contributed by atoms with van der Waals surface area (Å²) in [5, 5.41) is 6.46. The number of alkyl carbamates (subject to hydrolysis) is 2. The number of likely N-dealkylation sites (tertiary alicyclic amines) is 2.